The molecule has 2 rings (SSSR count). The van der Waals surface area contributed by atoms with Crippen LogP contribution in [0.25, 0.3) is 12.2 Å². The molecule has 0 aliphatic carbocycles. The minimum Gasteiger partial charge on any atom is -0.287 e. The predicted molar refractivity (Wildman–Crippen MR) is 105 cm³/mol. The third kappa shape index (κ3) is 4.01. The standard InChI is InChI=1S/C18H20BrN3O4/c1-3-11-20-15(10-9-13-7-5-6-8-14(13)19)16(22(25)26)17(23)21(12-4-2)18(20)24/h5-10H,3-4,11-12H2,1-2H3/b10-9+. The molecule has 0 spiro atoms. The van der Waals surface area contributed by atoms with Crippen LogP contribution >= 0.6 is 15.9 Å². The summed E-state index contributed by atoms with van der Waals surface area (Å²) in [5.41, 5.74) is -1.14. The topological polar surface area (TPSA) is 87.1 Å². The summed E-state index contributed by atoms with van der Waals surface area (Å²) in [6.45, 7) is 4.12. The van der Waals surface area contributed by atoms with E-state index in [1.165, 1.54) is 10.6 Å². The van der Waals surface area contributed by atoms with Crippen molar-refractivity contribution in [1.29, 1.82) is 0 Å². The molecule has 138 valence electrons. The van der Waals surface area contributed by atoms with Gasteiger partial charge in [0.1, 0.15) is 5.69 Å². The summed E-state index contributed by atoms with van der Waals surface area (Å²) in [5, 5.41) is 11.6. The SMILES string of the molecule is CCCn1c(/C=C/c2ccccc2Br)c([N+](=O)[O-])c(=O)n(CCC)c1=O. The van der Waals surface area contributed by atoms with Crippen molar-refractivity contribution in [2.45, 2.75) is 39.8 Å². The van der Waals surface area contributed by atoms with Gasteiger partial charge >= 0.3 is 16.9 Å². The van der Waals surface area contributed by atoms with Gasteiger partial charge in [0.25, 0.3) is 0 Å². The molecule has 0 fully saturated rings. The molecule has 0 saturated heterocycles. The summed E-state index contributed by atoms with van der Waals surface area (Å²) in [4.78, 5) is 36.1. The largest absolute Gasteiger partial charge is 0.357 e. The fourth-order valence-electron chi connectivity index (χ4n) is 2.68. The van der Waals surface area contributed by atoms with Crippen molar-refractivity contribution in [2.75, 3.05) is 0 Å². The second kappa shape index (κ2) is 8.75. The lowest BCUT2D eigenvalue weighted by Crippen LogP contribution is -2.42. The van der Waals surface area contributed by atoms with Crippen LogP contribution in [-0.4, -0.2) is 14.1 Å². The Morgan fingerprint density at radius 1 is 1.08 bits per heavy atom. The summed E-state index contributed by atoms with van der Waals surface area (Å²) in [6.07, 6.45) is 4.26. The molecule has 0 aliphatic rings. The minimum absolute atomic E-state index is 0.0231. The quantitative estimate of drug-likeness (QED) is 0.503. The molecular weight excluding hydrogens is 402 g/mol. The van der Waals surface area contributed by atoms with E-state index in [0.717, 1.165) is 14.6 Å². The van der Waals surface area contributed by atoms with Gasteiger partial charge in [-0.1, -0.05) is 54.1 Å². The molecule has 0 unspecified atom stereocenters. The minimum atomic E-state index is -0.860. The van der Waals surface area contributed by atoms with E-state index in [0.29, 0.717) is 19.4 Å². The third-order valence-electron chi connectivity index (χ3n) is 3.85. The number of benzene rings is 1. The van der Waals surface area contributed by atoms with E-state index in [2.05, 4.69) is 15.9 Å². The van der Waals surface area contributed by atoms with Crippen molar-refractivity contribution in [3.05, 3.63) is 70.9 Å². The molecular formula is C18H20BrN3O4. The van der Waals surface area contributed by atoms with E-state index in [1.54, 1.807) is 6.08 Å². The summed E-state index contributed by atoms with van der Waals surface area (Å²) in [5.74, 6) is 0. The number of halogens is 1. The van der Waals surface area contributed by atoms with E-state index in [1.807, 2.05) is 38.1 Å². The van der Waals surface area contributed by atoms with Crippen LogP contribution in [0.1, 0.15) is 37.9 Å². The average molecular weight is 422 g/mol. The molecule has 1 aromatic heterocycles. The van der Waals surface area contributed by atoms with Gasteiger partial charge in [-0.3, -0.25) is 24.0 Å². The molecule has 1 aromatic carbocycles. The number of nitrogens with zero attached hydrogens (tertiary/aromatic N) is 3. The summed E-state index contributed by atoms with van der Waals surface area (Å²) in [7, 11) is 0. The number of nitro groups is 1. The monoisotopic (exact) mass is 421 g/mol. The summed E-state index contributed by atoms with van der Waals surface area (Å²) in [6, 6.07) is 7.35. The Hall–Kier alpha value is -2.48. The molecule has 0 aliphatic heterocycles. The van der Waals surface area contributed by atoms with E-state index in [4.69, 9.17) is 0 Å². The maximum absolute atomic E-state index is 12.7. The highest BCUT2D eigenvalue weighted by molar-refractivity contribution is 9.10. The Morgan fingerprint density at radius 3 is 2.27 bits per heavy atom. The lowest BCUT2D eigenvalue weighted by Gasteiger charge is -2.13. The fraction of sp³-hybridized carbons (Fsp3) is 0.333. The van der Waals surface area contributed by atoms with Crippen molar-refractivity contribution in [2.24, 2.45) is 0 Å². The van der Waals surface area contributed by atoms with Crippen LogP contribution in [0.2, 0.25) is 0 Å². The van der Waals surface area contributed by atoms with Gasteiger partial charge in [-0.25, -0.2) is 4.79 Å². The maximum atomic E-state index is 12.7. The van der Waals surface area contributed by atoms with Gasteiger partial charge in [0.2, 0.25) is 0 Å². The van der Waals surface area contributed by atoms with Gasteiger partial charge in [-0.2, -0.15) is 0 Å². The normalized spacial score (nSPS) is 11.2. The molecule has 2 aromatic rings. The Kier molecular flexibility index (Phi) is 6.68. The molecule has 8 heteroatoms. The second-order valence-electron chi connectivity index (χ2n) is 5.74. The molecule has 1 heterocycles. The van der Waals surface area contributed by atoms with Crippen LogP contribution < -0.4 is 11.2 Å². The van der Waals surface area contributed by atoms with Crippen LogP contribution in [0, 0.1) is 10.1 Å². The van der Waals surface area contributed by atoms with Gasteiger partial charge in [0.05, 0.1) is 4.92 Å². The highest BCUT2D eigenvalue weighted by Gasteiger charge is 2.25. The molecule has 26 heavy (non-hydrogen) atoms. The van der Waals surface area contributed by atoms with Crippen molar-refractivity contribution < 1.29 is 4.92 Å². The van der Waals surface area contributed by atoms with E-state index in [-0.39, 0.29) is 12.2 Å². The predicted octanol–water partition coefficient (Wildman–Crippen LogP) is 3.67. The summed E-state index contributed by atoms with van der Waals surface area (Å²) >= 11 is 3.41. The fourth-order valence-corrected chi connectivity index (χ4v) is 3.10. The Labute approximate surface area is 158 Å². The van der Waals surface area contributed by atoms with Crippen LogP contribution in [0.15, 0.2) is 38.3 Å². The first-order valence-electron chi connectivity index (χ1n) is 8.37. The lowest BCUT2D eigenvalue weighted by molar-refractivity contribution is -0.387. The zero-order valence-electron chi connectivity index (χ0n) is 14.6. The number of aromatic nitrogens is 2. The Balaban J connectivity index is 2.77. The van der Waals surface area contributed by atoms with Gasteiger partial charge in [0.15, 0.2) is 0 Å². The third-order valence-corrected chi connectivity index (χ3v) is 4.57. The first-order chi connectivity index (χ1) is 12.4. The van der Waals surface area contributed by atoms with Gasteiger partial charge in [-0.15, -0.1) is 0 Å². The number of rotatable bonds is 7. The highest BCUT2D eigenvalue weighted by Crippen LogP contribution is 2.21. The molecule has 0 N–H and O–H groups in total. The van der Waals surface area contributed by atoms with E-state index < -0.39 is 21.9 Å². The maximum Gasteiger partial charge on any atom is 0.357 e. The van der Waals surface area contributed by atoms with E-state index >= 15 is 0 Å². The van der Waals surface area contributed by atoms with Crippen molar-refractivity contribution in [3.63, 3.8) is 0 Å². The average Bonchev–Trinajstić information content (AvgIpc) is 2.60. The zero-order valence-corrected chi connectivity index (χ0v) is 16.2. The number of hydrogen-bond donors (Lipinski definition) is 0. The Bertz CT molecular complexity index is 960. The molecule has 7 nitrogen and oxygen atoms in total. The van der Waals surface area contributed by atoms with Gasteiger partial charge in [-0.05, 0) is 30.5 Å². The van der Waals surface area contributed by atoms with Crippen LogP contribution in [0.5, 0.6) is 0 Å². The molecule has 0 bridgehead atoms. The van der Waals surface area contributed by atoms with Crippen molar-refractivity contribution >= 4 is 33.8 Å². The first-order valence-corrected chi connectivity index (χ1v) is 9.16. The lowest BCUT2D eigenvalue weighted by atomic mass is 10.2. The highest BCUT2D eigenvalue weighted by atomic mass is 79.9. The van der Waals surface area contributed by atoms with Crippen LogP contribution in [-0.2, 0) is 13.1 Å². The Morgan fingerprint density at radius 2 is 1.69 bits per heavy atom. The first kappa shape index (κ1) is 19.8. The number of hydrogen-bond acceptors (Lipinski definition) is 4. The van der Waals surface area contributed by atoms with Crippen LogP contribution in [0.4, 0.5) is 5.69 Å². The van der Waals surface area contributed by atoms with Crippen molar-refractivity contribution in [1.82, 2.24) is 9.13 Å². The van der Waals surface area contributed by atoms with Crippen LogP contribution in [0.3, 0.4) is 0 Å². The molecule has 0 radical (unpaired) electrons. The zero-order chi connectivity index (χ0) is 19.3. The molecule has 0 atom stereocenters. The smallest absolute Gasteiger partial charge is 0.287 e. The van der Waals surface area contributed by atoms with Gasteiger partial charge < -0.3 is 0 Å². The molecule has 0 amide bonds. The molecule has 0 saturated carbocycles. The van der Waals surface area contributed by atoms with Gasteiger partial charge in [0, 0.05) is 17.6 Å². The van der Waals surface area contributed by atoms with E-state index in [9.17, 15) is 19.7 Å². The summed E-state index contributed by atoms with van der Waals surface area (Å²) < 4.78 is 3.06. The van der Waals surface area contributed by atoms with Crippen molar-refractivity contribution in [3.8, 4) is 0 Å². The second-order valence-corrected chi connectivity index (χ2v) is 6.59.